The van der Waals surface area contributed by atoms with Crippen molar-refractivity contribution in [2.75, 3.05) is 23.4 Å². The lowest BCUT2D eigenvalue weighted by molar-refractivity contribution is 0.684. The standard InChI is InChI=1S/C12H19N3OS2/c1-4-18(16)6-5-14-12-10(11(13)17)8(2)7-9(3)15-12/h7H,4-6H2,1-3H3,(H2,13,17)(H,14,15). The van der Waals surface area contributed by atoms with Crippen LogP contribution >= 0.6 is 12.2 Å². The molecule has 1 rings (SSSR count). The summed E-state index contributed by atoms with van der Waals surface area (Å²) in [7, 11) is -0.783. The Hall–Kier alpha value is -1.01. The number of rotatable bonds is 6. The molecule has 0 aromatic carbocycles. The highest BCUT2D eigenvalue weighted by Crippen LogP contribution is 2.18. The quantitative estimate of drug-likeness (QED) is 0.776. The summed E-state index contributed by atoms with van der Waals surface area (Å²) in [5, 5.41) is 3.17. The van der Waals surface area contributed by atoms with Crippen molar-refractivity contribution in [2.45, 2.75) is 20.8 Å². The Kier molecular flexibility index (Phi) is 5.68. The molecule has 18 heavy (non-hydrogen) atoms. The number of hydrogen-bond donors (Lipinski definition) is 2. The van der Waals surface area contributed by atoms with Crippen molar-refractivity contribution in [1.29, 1.82) is 0 Å². The van der Waals surface area contributed by atoms with E-state index in [1.165, 1.54) is 0 Å². The van der Waals surface area contributed by atoms with E-state index < -0.39 is 10.8 Å². The number of pyridine rings is 1. The summed E-state index contributed by atoms with van der Waals surface area (Å²) in [6, 6.07) is 1.95. The average Bonchev–Trinajstić information content (AvgIpc) is 2.27. The molecule has 6 heteroatoms. The summed E-state index contributed by atoms with van der Waals surface area (Å²) in [4.78, 5) is 4.73. The van der Waals surface area contributed by atoms with Crippen LogP contribution in [0.25, 0.3) is 0 Å². The molecule has 1 aromatic rings. The molecule has 1 atom stereocenters. The molecule has 0 spiro atoms. The molecule has 1 heterocycles. The van der Waals surface area contributed by atoms with E-state index in [9.17, 15) is 4.21 Å². The van der Waals surface area contributed by atoms with Crippen LogP contribution in [-0.2, 0) is 10.8 Å². The maximum Gasteiger partial charge on any atom is 0.136 e. The zero-order valence-corrected chi connectivity index (χ0v) is 12.6. The van der Waals surface area contributed by atoms with Crippen LogP contribution in [0.4, 0.5) is 5.82 Å². The summed E-state index contributed by atoms with van der Waals surface area (Å²) in [5.74, 6) is 1.96. The molecular formula is C12H19N3OS2. The Morgan fingerprint density at radius 1 is 1.56 bits per heavy atom. The molecule has 0 aliphatic carbocycles. The summed E-state index contributed by atoms with van der Waals surface area (Å²) in [5.41, 5.74) is 8.41. The number of nitrogens with one attached hydrogen (secondary N) is 1. The lowest BCUT2D eigenvalue weighted by Crippen LogP contribution is -2.19. The SMILES string of the molecule is CCS(=O)CCNc1nc(C)cc(C)c1C(N)=S. The van der Waals surface area contributed by atoms with E-state index in [1.807, 2.05) is 26.8 Å². The number of hydrogen-bond acceptors (Lipinski definition) is 4. The fourth-order valence-electron chi connectivity index (χ4n) is 1.70. The summed E-state index contributed by atoms with van der Waals surface area (Å²) < 4.78 is 11.4. The van der Waals surface area contributed by atoms with Gasteiger partial charge in [-0.15, -0.1) is 0 Å². The van der Waals surface area contributed by atoms with Crippen LogP contribution in [0.5, 0.6) is 0 Å². The molecular weight excluding hydrogens is 266 g/mol. The van der Waals surface area contributed by atoms with Gasteiger partial charge in [-0.3, -0.25) is 4.21 Å². The Balaban J connectivity index is 2.87. The summed E-state index contributed by atoms with van der Waals surface area (Å²) >= 11 is 5.04. The molecule has 0 fully saturated rings. The minimum Gasteiger partial charge on any atom is -0.389 e. The fraction of sp³-hybridized carbons (Fsp3) is 0.500. The molecule has 0 aliphatic heterocycles. The van der Waals surface area contributed by atoms with Gasteiger partial charge in [0.05, 0.1) is 5.56 Å². The van der Waals surface area contributed by atoms with Gasteiger partial charge in [0.2, 0.25) is 0 Å². The number of nitrogens with zero attached hydrogens (tertiary/aromatic N) is 1. The number of aromatic nitrogens is 1. The average molecular weight is 285 g/mol. The first-order valence-corrected chi connectivity index (χ1v) is 7.72. The predicted octanol–water partition coefficient (Wildman–Crippen LogP) is 1.51. The molecule has 1 unspecified atom stereocenters. The van der Waals surface area contributed by atoms with Crippen molar-refractivity contribution in [3.8, 4) is 0 Å². The van der Waals surface area contributed by atoms with Crippen LogP contribution < -0.4 is 11.1 Å². The first-order chi connectivity index (χ1) is 8.45. The van der Waals surface area contributed by atoms with Gasteiger partial charge >= 0.3 is 0 Å². The van der Waals surface area contributed by atoms with Gasteiger partial charge in [-0.1, -0.05) is 19.1 Å². The molecule has 0 saturated carbocycles. The molecule has 1 aromatic heterocycles. The third-order valence-electron chi connectivity index (χ3n) is 2.54. The Labute approximate surface area is 116 Å². The molecule has 0 amide bonds. The van der Waals surface area contributed by atoms with Crippen molar-refractivity contribution in [1.82, 2.24) is 4.98 Å². The minimum atomic E-state index is -0.783. The lowest BCUT2D eigenvalue weighted by Gasteiger charge is -2.13. The molecule has 0 aliphatic rings. The minimum absolute atomic E-state index is 0.333. The van der Waals surface area contributed by atoms with E-state index in [-0.39, 0.29) is 0 Å². The zero-order chi connectivity index (χ0) is 13.7. The highest BCUT2D eigenvalue weighted by molar-refractivity contribution is 7.84. The van der Waals surface area contributed by atoms with Crippen molar-refractivity contribution in [3.05, 3.63) is 22.9 Å². The van der Waals surface area contributed by atoms with Crippen molar-refractivity contribution in [2.24, 2.45) is 5.73 Å². The van der Waals surface area contributed by atoms with Gasteiger partial charge in [-0.2, -0.15) is 0 Å². The van der Waals surface area contributed by atoms with Crippen molar-refractivity contribution >= 4 is 33.8 Å². The highest BCUT2D eigenvalue weighted by atomic mass is 32.2. The first kappa shape index (κ1) is 15.0. The van der Waals surface area contributed by atoms with Crippen LogP contribution in [0.3, 0.4) is 0 Å². The van der Waals surface area contributed by atoms with Gasteiger partial charge in [-0.05, 0) is 25.5 Å². The fourth-order valence-corrected chi connectivity index (χ4v) is 2.58. The summed E-state index contributed by atoms with van der Waals surface area (Å²) in [6.45, 7) is 6.39. The second-order valence-corrected chi connectivity index (χ2v) is 6.33. The van der Waals surface area contributed by atoms with E-state index in [0.29, 0.717) is 28.9 Å². The zero-order valence-electron chi connectivity index (χ0n) is 10.9. The van der Waals surface area contributed by atoms with E-state index in [2.05, 4.69) is 10.3 Å². The second kappa shape index (κ2) is 6.80. The molecule has 4 nitrogen and oxygen atoms in total. The monoisotopic (exact) mass is 285 g/mol. The smallest absolute Gasteiger partial charge is 0.136 e. The maximum atomic E-state index is 11.4. The third-order valence-corrected chi connectivity index (χ3v) is 4.04. The Morgan fingerprint density at radius 3 is 2.78 bits per heavy atom. The normalized spacial score (nSPS) is 12.2. The number of thiocarbonyl (C=S) groups is 1. The molecule has 0 bridgehead atoms. The Morgan fingerprint density at radius 2 is 2.22 bits per heavy atom. The van der Waals surface area contributed by atoms with Crippen LogP contribution in [0.2, 0.25) is 0 Å². The van der Waals surface area contributed by atoms with Gasteiger partial charge in [0.25, 0.3) is 0 Å². The van der Waals surface area contributed by atoms with Crippen LogP contribution in [0.15, 0.2) is 6.07 Å². The highest BCUT2D eigenvalue weighted by Gasteiger charge is 2.11. The van der Waals surface area contributed by atoms with Crippen LogP contribution in [0.1, 0.15) is 23.7 Å². The topological polar surface area (TPSA) is 68.0 Å². The van der Waals surface area contributed by atoms with Gasteiger partial charge in [-0.25, -0.2) is 4.98 Å². The number of nitrogens with two attached hydrogens (primary N) is 1. The number of aryl methyl sites for hydroxylation is 2. The third kappa shape index (κ3) is 4.03. The van der Waals surface area contributed by atoms with Crippen molar-refractivity contribution < 1.29 is 4.21 Å². The predicted molar refractivity (Wildman–Crippen MR) is 81.6 cm³/mol. The maximum absolute atomic E-state index is 11.4. The molecule has 100 valence electrons. The molecule has 3 N–H and O–H groups in total. The van der Waals surface area contributed by atoms with Crippen LogP contribution in [0, 0.1) is 13.8 Å². The van der Waals surface area contributed by atoms with Gasteiger partial charge in [0.15, 0.2) is 0 Å². The van der Waals surface area contributed by atoms with Crippen molar-refractivity contribution in [3.63, 3.8) is 0 Å². The van der Waals surface area contributed by atoms with Gasteiger partial charge < -0.3 is 11.1 Å². The molecule has 0 saturated heterocycles. The summed E-state index contributed by atoms with van der Waals surface area (Å²) in [6.07, 6.45) is 0. The van der Waals surface area contributed by atoms with Crippen LogP contribution in [-0.4, -0.2) is 32.2 Å². The molecule has 0 radical (unpaired) electrons. The lowest BCUT2D eigenvalue weighted by atomic mass is 10.1. The van der Waals surface area contributed by atoms with Gasteiger partial charge in [0, 0.05) is 34.5 Å². The van der Waals surface area contributed by atoms with Gasteiger partial charge in [0.1, 0.15) is 10.8 Å². The van der Waals surface area contributed by atoms with E-state index in [4.69, 9.17) is 18.0 Å². The van der Waals surface area contributed by atoms with E-state index in [1.54, 1.807) is 0 Å². The largest absolute Gasteiger partial charge is 0.389 e. The first-order valence-electron chi connectivity index (χ1n) is 5.82. The van der Waals surface area contributed by atoms with E-state index >= 15 is 0 Å². The second-order valence-electron chi connectivity index (χ2n) is 4.03. The Bertz CT molecular complexity index is 475. The number of anilines is 1. The van der Waals surface area contributed by atoms with E-state index in [0.717, 1.165) is 16.8 Å².